The van der Waals surface area contributed by atoms with Gasteiger partial charge in [-0.25, -0.2) is 0 Å². The summed E-state index contributed by atoms with van der Waals surface area (Å²) in [6.45, 7) is 6.25. The van der Waals surface area contributed by atoms with Gasteiger partial charge in [0.05, 0.1) is 11.3 Å². The maximum atomic E-state index is 12.9. The van der Waals surface area contributed by atoms with Crippen LogP contribution in [0.5, 0.6) is 0 Å². The van der Waals surface area contributed by atoms with Crippen molar-refractivity contribution in [3.8, 4) is 0 Å². The largest absolute Gasteiger partial charge is 0.381 e. The Hall–Kier alpha value is -0.850. The number of carbonyl (C=O) groups excluding carboxylic acids is 1. The number of hydrogen-bond acceptors (Lipinski definition) is 6. The summed E-state index contributed by atoms with van der Waals surface area (Å²) in [7, 11) is 0. The molecule has 2 fully saturated rings. The number of carbonyl (C=O) groups is 1. The molecule has 3 heterocycles. The van der Waals surface area contributed by atoms with Gasteiger partial charge < -0.3 is 9.47 Å². The highest BCUT2D eigenvalue weighted by Gasteiger charge is 2.42. The van der Waals surface area contributed by atoms with Gasteiger partial charge in [0.25, 0.3) is 0 Å². The molecule has 1 unspecified atom stereocenters. The molecule has 1 spiro atoms. The average molecular weight is 310 g/mol. The van der Waals surface area contributed by atoms with E-state index in [9.17, 15) is 4.79 Å². The Balaban J connectivity index is 1.76. The molecule has 0 N–H and O–H groups in total. The van der Waals surface area contributed by atoms with Crippen LogP contribution in [-0.2, 0) is 9.47 Å². The van der Waals surface area contributed by atoms with Gasteiger partial charge in [0.15, 0.2) is 5.78 Å². The third kappa shape index (κ3) is 3.03. The van der Waals surface area contributed by atoms with Crippen LogP contribution in [-0.4, -0.2) is 40.8 Å². The fourth-order valence-electron chi connectivity index (χ4n) is 3.28. The summed E-state index contributed by atoms with van der Waals surface area (Å²) >= 11 is 1.24. The van der Waals surface area contributed by atoms with Crippen LogP contribution in [0, 0.1) is 5.92 Å². The van der Waals surface area contributed by atoms with Crippen molar-refractivity contribution in [1.29, 1.82) is 0 Å². The summed E-state index contributed by atoms with van der Waals surface area (Å²) in [6.07, 6.45) is 3.41. The Labute approximate surface area is 129 Å². The van der Waals surface area contributed by atoms with Crippen LogP contribution in [0.3, 0.4) is 0 Å². The smallest absolute Gasteiger partial charge is 0.179 e. The minimum atomic E-state index is -0.146. The maximum Gasteiger partial charge on any atom is 0.179 e. The van der Waals surface area contributed by atoms with E-state index in [0.29, 0.717) is 6.61 Å². The quantitative estimate of drug-likeness (QED) is 0.803. The van der Waals surface area contributed by atoms with Crippen molar-refractivity contribution in [2.24, 2.45) is 5.92 Å². The van der Waals surface area contributed by atoms with E-state index in [1.807, 2.05) is 0 Å². The van der Waals surface area contributed by atoms with Crippen LogP contribution in [0.4, 0.5) is 0 Å². The molecule has 116 valence electrons. The van der Waals surface area contributed by atoms with Crippen LogP contribution in [0.1, 0.15) is 60.8 Å². The van der Waals surface area contributed by atoms with E-state index in [-0.39, 0.29) is 23.2 Å². The lowest BCUT2D eigenvalue weighted by Gasteiger charge is -2.42. The van der Waals surface area contributed by atoms with Crippen molar-refractivity contribution in [2.45, 2.75) is 51.0 Å². The van der Waals surface area contributed by atoms with Crippen molar-refractivity contribution < 1.29 is 14.3 Å². The van der Waals surface area contributed by atoms with Crippen LogP contribution < -0.4 is 0 Å². The lowest BCUT2D eigenvalue weighted by atomic mass is 9.78. The van der Waals surface area contributed by atoms with E-state index in [0.717, 1.165) is 49.5 Å². The molecule has 0 amide bonds. The minimum Gasteiger partial charge on any atom is -0.381 e. The molecule has 3 rings (SSSR count). The molecule has 1 aromatic rings. The Morgan fingerprint density at radius 1 is 1.33 bits per heavy atom. The molecule has 0 saturated carbocycles. The number of rotatable bonds is 3. The van der Waals surface area contributed by atoms with Gasteiger partial charge in [-0.1, -0.05) is 18.3 Å². The Bertz CT molecular complexity index is 503. The second-order valence-corrected chi connectivity index (χ2v) is 7.09. The van der Waals surface area contributed by atoms with E-state index in [4.69, 9.17) is 9.47 Å². The lowest BCUT2D eigenvalue weighted by molar-refractivity contribution is -0.142. The fraction of sp³-hybridized carbons (Fsp3) is 0.800. The summed E-state index contributed by atoms with van der Waals surface area (Å²) in [6, 6.07) is 0. The number of nitrogens with zero attached hydrogens (tertiary/aromatic N) is 2. The SMILES string of the molecule is CC(C)c1nnsc1C(=O)C1CCOC2(CCOCC2)C1. The third-order valence-electron chi connectivity index (χ3n) is 4.55. The number of ketones is 1. The van der Waals surface area contributed by atoms with Gasteiger partial charge in [-0.15, -0.1) is 5.10 Å². The molecular weight excluding hydrogens is 288 g/mol. The van der Waals surface area contributed by atoms with Crippen LogP contribution >= 0.6 is 11.5 Å². The highest BCUT2D eigenvalue weighted by Crippen LogP contribution is 2.39. The second kappa shape index (κ2) is 6.10. The zero-order valence-electron chi connectivity index (χ0n) is 12.6. The van der Waals surface area contributed by atoms with Crippen LogP contribution in [0.25, 0.3) is 0 Å². The number of hydrogen-bond donors (Lipinski definition) is 0. The molecule has 21 heavy (non-hydrogen) atoms. The molecule has 1 atom stereocenters. The Kier molecular flexibility index (Phi) is 4.38. The predicted octanol–water partition coefficient (Wildman–Crippen LogP) is 2.82. The molecule has 6 heteroatoms. The topological polar surface area (TPSA) is 61.3 Å². The van der Waals surface area contributed by atoms with Crippen molar-refractivity contribution >= 4 is 17.3 Å². The van der Waals surface area contributed by atoms with Crippen LogP contribution in [0.15, 0.2) is 0 Å². The lowest BCUT2D eigenvalue weighted by Crippen LogP contribution is -2.45. The van der Waals surface area contributed by atoms with Gasteiger partial charge in [0, 0.05) is 25.7 Å². The van der Waals surface area contributed by atoms with Crippen molar-refractivity contribution in [2.75, 3.05) is 19.8 Å². The molecule has 0 radical (unpaired) electrons. The molecule has 2 aliphatic heterocycles. The molecule has 2 aliphatic rings. The third-order valence-corrected chi connectivity index (χ3v) is 5.31. The number of ether oxygens (including phenoxy) is 2. The van der Waals surface area contributed by atoms with E-state index in [2.05, 4.69) is 23.4 Å². The molecule has 2 saturated heterocycles. The minimum absolute atomic E-state index is 0.0385. The molecule has 0 aromatic carbocycles. The van der Waals surface area contributed by atoms with Crippen molar-refractivity contribution in [3.05, 3.63) is 10.6 Å². The molecule has 1 aromatic heterocycles. The number of aromatic nitrogens is 2. The second-order valence-electron chi connectivity index (χ2n) is 6.34. The van der Waals surface area contributed by atoms with Crippen molar-refractivity contribution in [3.63, 3.8) is 0 Å². The van der Waals surface area contributed by atoms with E-state index >= 15 is 0 Å². The highest BCUT2D eigenvalue weighted by atomic mass is 32.1. The van der Waals surface area contributed by atoms with Gasteiger partial charge >= 0.3 is 0 Å². The Morgan fingerprint density at radius 2 is 2.10 bits per heavy atom. The van der Waals surface area contributed by atoms with Crippen molar-refractivity contribution in [1.82, 2.24) is 9.59 Å². The summed E-state index contributed by atoms with van der Waals surface area (Å²) < 4.78 is 15.4. The molecule has 0 aliphatic carbocycles. The zero-order valence-corrected chi connectivity index (χ0v) is 13.4. The van der Waals surface area contributed by atoms with Crippen LogP contribution in [0.2, 0.25) is 0 Å². The zero-order chi connectivity index (χ0) is 14.9. The first-order valence-electron chi connectivity index (χ1n) is 7.69. The molecule has 0 bridgehead atoms. The Morgan fingerprint density at radius 3 is 2.81 bits per heavy atom. The van der Waals surface area contributed by atoms with E-state index < -0.39 is 0 Å². The monoisotopic (exact) mass is 310 g/mol. The van der Waals surface area contributed by atoms with Gasteiger partial charge in [0.1, 0.15) is 4.88 Å². The standard InChI is InChI=1S/C15H22N2O3S/c1-10(2)12-14(21-17-16-12)13(18)11-3-6-20-15(9-11)4-7-19-8-5-15/h10-11H,3-9H2,1-2H3. The summed E-state index contributed by atoms with van der Waals surface area (Å²) in [5, 5.41) is 4.13. The predicted molar refractivity (Wildman–Crippen MR) is 79.8 cm³/mol. The average Bonchev–Trinajstić information content (AvgIpc) is 2.97. The van der Waals surface area contributed by atoms with E-state index in [1.165, 1.54) is 11.5 Å². The van der Waals surface area contributed by atoms with Gasteiger partial charge in [-0.3, -0.25) is 4.79 Å². The molecule has 5 nitrogen and oxygen atoms in total. The van der Waals surface area contributed by atoms with Gasteiger partial charge in [-0.05, 0) is 43.1 Å². The summed E-state index contributed by atoms with van der Waals surface area (Å²) in [5.41, 5.74) is 0.699. The summed E-state index contributed by atoms with van der Waals surface area (Å²) in [4.78, 5) is 13.6. The number of Topliss-reactive ketones (excluding diaryl/α,β-unsaturated/α-hetero) is 1. The maximum absolute atomic E-state index is 12.9. The summed E-state index contributed by atoms with van der Waals surface area (Å²) in [5.74, 6) is 0.485. The first-order valence-corrected chi connectivity index (χ1v) is 8.47. The fourth-order valence-corrected chi connectivity index (χ4v) is 4.11. The van der Waals surface area contributed by atoms with Gasteiger partial charge in [-0.2, -0.15) is 0 Å². The van der Waals surface area contributed by atoms with Gasteiger partial charge in [0.2, 0.25) is 0 Å². The van der Waals surface area contributed by atoms with E-state index in [1.54, 1.807) is 0 Å². The normalized spacial score (nSPS) is 25.4. The highest BCUT2D eigenvalue weighted by molar-refractivity contribution is 7.08. The molecular formula is C15H22N2O3S. The first-order chi connectivity index (χ1) is 10.1. The first kappa shape index (κ1) is 15.1.